The molecule has 0 spiro atoms. The minimum atomic E-state index is -2.78. The van der Waals surface area contributed by atoms with Crippen LogP contribution in [0.4, 0.5) is 0 Å². The number of carboxylic acids is 1. The largest absolute Gasteiger partial charge is 0.481 e. The Bertz CT molecular complexity index is 891. The maximum atomic E-state index is 12.1. The Hall–Kier alpha value is -2.40. The molecule has 0 saturated carbocycles. The summed E-state index contributed by atoms with van der Waals surface area (Å²) in [7, 11) is 0. The second-order valence-corrected chi connectivity index (χ2v) is 5.39. The smallest absolute Gasteiger partial charge is 0.311 e. The van der Waals surface area contributed by atoms with Crippen LogP contribution in [0.25, 0.3) is 10.8 Å². The van der Waals surface area contributed by atoms with Gasteiger partial charge in [0.1, 0.15) is 5.75 Å². The lowest BCUT2D eigenvalue weighted by atomic mass is 10.0. The van der Waals surface area contributed by atoms with Crippen molar-refractivity contribution in [1.82, 2.24) is 4.90 Å². The first-order valence-electron chi connectivity index (χ1n) is 10.6. The third-order valence-corrected chi connectivity index (χ3v) is 3.55. The van der Waals surface area contributed by atoms with Gasteiger partial charge in [0.15, 0.2) is 0 Å². The van der Waals surface area contributed by atoms with Gasteiger partial charge in [-0.25, -0.2) is 0 Å². The maximum absolute atomic E-state index is 12.1. The lowest BCUT2D eigenvalue weighted by Crippen LogP contribution is -2.15. The number of nitrogens with zero attached hydrogens (tertiary/aromatic N) is 1. The number of rotatable bonds is 8. The van der Waals surface area contributed by atoms with Crippen molar-refractivity contribution in [2.24, 2.45) is 0 Å². The van der Waals surface area contributed by atoms with Crippen LogP contribution >= 0.6 is 0 Å². The molecule has 2 aromatic rings. The van der Waals surface area contributed by atoms with Gasteiger partial charge in [0.2, 0.25) is 0 Å². The number of hydrogen-bond acceptors (Lipinski definition) is 4. The normalized spacial score (nSPS) is 15.7. The van der Waals surface area contributed by atoms with Crippen molar-refractivity contribution in [2.75, 3.05) is 20.5 Å². The fourth-order valence-electron chi connectivity index (χ4n) is 2.47. The summed E-state index contributed by atoms with van der Waals surface area (Å²) in [6, 6.07) is 10.4. The zero-order valence-electron chi connectivity index (χ0n) is 19.1. The Morgan fingerprint density at radius 1 is 1.17 bits per heavy atom. The average molecular weight is 335 g/mol. The van der Waals surface area contributed by atoms with E-state index < -0.39 is 25.9 Å². The van der Waals surface area contributed by atoms with Gasteiger partial charge in [0.25, 0.3) is 0 Å². The Labute approximate surface area is 150 Å². The highest BCUT2D eigenvalue weighted by Gasteiger charge is 2.12. The standard InChI is InChI=1S/C19H23NO4/c1-20(2)13-12-15-7-3-6-14-8-4-9-16(19(14)15)24-18(23)11-5-10-17(21)22/h3-4,6-9H,5,10-13H2,1-2H3,(H,21,22)/i1D3,2D3. The van der Waals surface area contributed by atoms with Gasteiger partial charge in [0, 0.05) is 33.0 Å². The van der Waals surface area contributed by atoms with Gasteiger partial charge in [0.05, 0.1) is 0 Å². The molecule has 0 heterocycles. The van der Waals surface area contributed by atoms with E-state index in [1.807, 2.05) is 0 Å². The first-order valence-corrected chi connectivity index (χ1v) is 7.60. The lowest BCUT2D eigenvalue weighted by Gasteiger charge is -2.14. The van der Waals surface area contributed by atoms with Crippen molar-refractivity contribution in [1.29, 1.82) is 0 Å². The summed E-state index contributed by atoms with van der Waals surface area (Å²) in [6.45, 7) is -5.81. The van der Waals surface area contributed by atoms with E-state index in [0.29, 0.717) is 15.8 Å². The molecular weight excluding hydrogens is 306 g/mol. The van der Waals surface area contributed by atoms with Gasteiger partial charge in [-0.2, -0.15) is 0 Å². The van der Waals surface area contributed by atoms with E-state index in [4.69, 9.17) is 18.1 Å². The van der Waals surface area contributed by atoms with Crippen LogP contribution in [0.2, 0.25) is 0 Å². The molecular formula is C19H23NO4. The summed E-state index contributed by atoms with van der Waals surface area (Å²) >= 11 is 0. The number of fused-ring (bicyclic) bond motifs is 1. The molecule has 2 rings (SSSR count). The fraction of sp³-hybridized carbons (Fsp3) is 0.368. The zero-order valence-corrected chi connectivity index (χ0v) is 13.1. The number of ether oxygens (including phenoxy) is 1. The van der Waals surface area contributed by atoms with Gasteiger partial charge < -0.3 is 14.7 Å². The molecule has 0 fully saturated rings. The molecule has 0 bridgehead atoms. The number of aliphatic carboxylic acids is 1. The molecule has 5 heteroatoms. The van der Waals surface area contributed by atoms with Gasteiger partial charge in [-0.1, -0.05) is 30.3 Å². The third-order valence-electron chi connectivity index (χ3n) is 3.55. The molecule has 1 N–H and O–H groups in total. The zero-order chi connectivity index (χ0) is 22.5. The second kappa shape index (κ2) is 8.45. The molecule has 24 heavy (non-hydrogen) atoms. The summed E-state index contributed by atoms with van der Waals surface area (Å²) in [5, 5.41) is 10.0. The summed E-state index contributed by atoms with van der Waals surface area (Å²) in [5.74, 6) is -1.31. The van der Waals surface area contributed by atoms with Gasteiger partial charge in [-0.15, -0.1) is 0 Å². The van der Waals surface area contributed by atoms with Crippen molar-refractivity contribution in [3.8, 4) is 5.75 Å². The van der Waals surface area contributed by atoms with Crippen LogP contribution in [-0.4, -0.2) is 42.4 Å². The second-order valence-electron chi connectivity index (χ2n) is 5.39. The van der Waals surface area contributed by atoms with E-state index in [9.17, 15) is 9.59 Å². The molecule has 128 valence electrons. The molecule has 0 amide bonds. The quantitative estimate of drug-likeness (QED) is 0.593. The first-order chi connectivity index (χ1) is 13.9. The van der Waals surface area contributed by atoms with E-state index in [2.05, 4.69) is 0 Å². The van der Waals surface area contributed by atoms with Crippen molar-refractivity contribution < 1.29 is 27.7 Å². The Balaban J connectivity index is 2.27. The Morgan fingerprint density at radius 2 is 1.92 bits per heavy atom. The van der Waals surface area contributed by atoms with Crippen molar-refractivity contribution in [3.05, 3.63) is 42.0 Å². The SMILES string of the molecule is [2H]C([2H])([2H])N(CCc1cccc2cccc(OC(=O)CCCC(=O)O)c12)C([2H])([2H])[2H]. The highest BCUT2D eigenvalue weighted by molar-refractivity contribution is 5.93. The fourth-order valence-corrected chi connectivity index (χ4v) is 2.47. The third kappa shape index (κ3) is 5.06. The predicted molar refractivity (Wildman–Crippen MR) is 93.3 cm³/mol. The van der Waals surface area contributed by atoms with Crippen molar-refractivity contribution in [2.45, 2.75) is 25.7 Å². The molecule has 0 aliphatic heterocycles. The first kappa shape index (κ1) is 11.2. The Morgan fingerprint density at radius 3 is 2.62 bits per heavy atom. The number of benzene rings is 2. The van der Waals surface area contributed by atoms with Crippen LogP contribution in [0, 0.1) is 0 Å². The molecule has 0 aliphatic rings. The van der Waals surface area contributed by atoms with Crippen molar-refractivity contribution in [3.63, 3.8) is 0 Å². The van der Waals surface area contributed by atoms with Crippen LogP contribution in [0.15, 0.2) is 36.4 Å². The van der Waals surface area contributed by atoms with Gasteiger partial charge in [-0.05, 0) is 43.8 Å². The van der Waals surface area contributed by atoms with Crippen LogP contribution in [-0.2, 0) is 16.0 Å². The van der Waals surface area contributed by atoms with Crippen molar-refractivity contribution >= 4 is 22.7 Å². The van der Waals surface area contributed by atoms with Gasteiger partial charge in [-0.3, -0.25) is 9.59 Å². The van der Waals surface area contributed by atoms with E-state index in [-0.39, 0.29) is 38.0 Å². The number of carboxylic acid groups (broad SMARTS) is 1. The van der Waals surface area contributed by atoms with E-state index in [1.165, 1.54) is 0 Å². The van der Waals surface area contributed by atoms with E-state index in [0.717, 1.165) is 5.39 Å². The Kier molecular flexibility index (Phi) is 3.95. The summed E-state index contributed by atoms with van der Waals surface area (Å²) in [6.07, 6.45) is 0.0618. The number of likely N-dealkylation sites (N-methyl/N-ethyl adjacent to an activating group) is 1. The summed E-state index contributed by atoms with van der Waals surface area (Å²) in [5.41, 5.74) is 0.639. The van der Waals surface area contributed by atoms with Gasteiger partial charge >= 0.3 is 11.9 Å². The van der Waals surface area contributed by atoms with Crippen LogP contribution in [0.3, 0.4) is 0 Å². The number of esters is 1. The van der Waals surface area contributed by atoms with Crippen LogP contribution < -0.4 is 4.74 Å². The molecule has 0 unspecified atom stereocenters. The highest BCUT2D eigenvalue weighted by atomic mass is 16.5. The maximum Gasteiger partial charge on any atom is 0.311 e. The molecule has 0 atom stereocenters. The minimum absolute atomic E-state index is 0.0588. The average Bonchev–Trinajstić information content (AvgIpc) is 2.59. The summed E-state index contributed by atoms with van der Waals surface area (Å²) < 4.78 is 50.4. The number of hydrogen-bond donors (Lipinski definition) is 1. The van der Waals surface area contributed by atoms with Crippen LogP contribution in [0.5, 0.6) is 5.75 Å². The minimum Gasteiger partial charge on any atom is -0.481 e. The monoisotopic (exact) mass is 335 g/mol. The van der Waals surface area contributed by atoms with E-state index >= 15 is 0 Å². The van der Waals surface area contributed by atoms with E-state index in [1.54, 1.807) is 36.4 Å². The lowest BCUT2D eigenvalue weighted by molar-refractivity contribution is -0.137. The molecule has 0 saturated heterocycles. The topological polar surface area (TPSA) is 66.8 Å². The predicted octanol–water partition coefficient (Wildman–Crippen LogP) is 3.10. The molecule has 5 nitrogen and oxygen atoms in total. The molecule has 0 aromatic heterocycles. The molecule has 2 aromatic carbocycles. The van der Waals surface area contributed by atoms with Crippen LogP contribution in [0.1, 0.15) is 33.1 Å². The highest BCUT2D eigenvalue weighted by Crippen LogP contribution is 2.30. The number of carbonyl (C=O) groups excluding carboxylic acids is 1. The molecule has 0 aliphatic carbocycles. The molecule has 0 radical (unpaired) electrons. The number of carbonyl (C=O) groups is 2. The summed E-state index contributed by atoms with van der Waals surface area (Å²) in [4.78, 5) is 23.2.